The number of rotatable bonds is 9. The van der Waals surface area contributed by atoms with E-state index in [4.69, 9.17) is 13.3 Å². The van der Waals surface area contributed by atoms with Crippen LogP contribution in [0.2, 0.25) is 0 Å². The molecule has 2 amide bonds. The van der Waals surface area contributed by atoms with E-state index in [2.05, 4.69) is 5.32 Å². The molecule has 1 atom stereocenters. The highest BCUT2D eigenvalue weighted by atomic mass is 28.4. The molecular weight excluding hydrogens is 374 g/mol. The summed E-state index contributed by atoms with van der Waals surface area (Å²) in [4.78, 5) is 25.2. The summed E-state index contributed by atoms with van der Waals surface area (Å²) in [7, 11) is -3.11. The highest BCUT2D eigenvalue weighted by Gasteiger charge is 2.50. The minimum Gasteiger partial charge on any atom is -0.373 e. The molecule has 6 nitrogen and oxygen atoms in total. The molecule has 1 heterocycles. The van der Waals surface area contributed by atoms with E-state index in [1.54, 1.807) is 6.07 Å². The number of hydrogen-bond acceptors (Lipinski definition) is 5. The van der Waals surface area contributed by atoms with Crippen LogP contribution >= 0.6 is 0 Å². The minimum absolute atomic E-state index is 0.209. The normalized spacial score (nSPS) is 15.0. The predicted molar refractivity (Wildman–Crippen MR) is 109 cm³/mol. The van der Waals surface area contributed by atoms with Crippen LogP contribution in [0.1, 0.15) is 65.9 Å². The van der Waals surface area contributed by atoms with Crippen LogP contribution in [0.3, 0.4) is 0 Å². The Hall–Kier alpha value is -2.06. The molecule has 0 spiro atoms. The van der Waals surface area contributed by atoms with Crippen molar-refractivity contribution >= 4 is 31.4 Å². The van der Waals surface area contributed by atoms with Crippen molar-refractivity contribution in [1.29, 1.82) is 0 Å². The molecule has 150 valence electrons. The van der Waals surface area contributed by atoms with Crippen molar-refractivity contribution in [2.45, 2.75) is 39.7 Å². The Morgan fingerprint density at radius 1 is 0.893 bits per heavy atom. The van der Waals surface area contributed by atoms with Crippen LogP contribution < -0.4 is 5.32 Å². The topological polar surface area (TPSA) is 73.9 Å². The molecule has 1 aliphatic rings. The molecule has 3 rings (SSSR count). The summed E-state index contributed by atoms with van der Waals surface area (Å²) in [6, 6.07) is 9.39. The van der Waals surface area contributed by atoms with E-state index in [0.29, 0.717) is 42.8 Å². The van der Waals surface area contributed by atoms with Crippen LogP contribution in [0.5, 0.6) is 0 Å². The van der Waals surface area contributed by atoms with Crippen LogP contribution in [0.25, 0.3) is 10.8 Å². The molecular formula is C21H27NO5Si. The zero-order chi connectivity index (χ0) is 20.3. The van der Waals surface area contributed by atoms with E-state index in [1.807, 2.05) is 52.0 Å². The highest BCUT2D eigenvalue weighted by Crippen LogP contribution is 2.39. The third-order valence-electron chi connectivity index (χ3n) is 5.02. The Morgan fingerprint density at radius 2 is 1.54 bits per heavy atom. The lowest BCUT2D eigenvalue weighted by Gasteiger charge is -2.36. The van der Waals surface area contributed by atoms with Gasteiger partial charge in [0.1, 0.15) is 0 Å². The minimum atomic E-state index is -3.11. The van der Waals surface area contributed by atoms with Gasteiger partial charge in [-0.3, -0.25) is 14.9 Å². The van der Waals surface area contributed by atoms with Gasteiger partial charge < -0.3 is 13.3 Å². The zero-order valence-electron chi connectivity index (χ0n) is 16.8. The Balaban J connectivity index is 2.27. The van der Waals surface area contributed by atoms with Gasteiger partial charge in [-0.25, -0.2) is 0 Å². The molecule has 28 heavy (non-hydrogen) atoms. The standard InChI is InChI=1S/C21H27NO5Si/c1-5-17(28(25-6-2,26-7-3)27-8-4)15-13-12-14-10-9-11-16-18(14)19(15)21(24)22-20(16)23/h9-13,17H,5-8H2,1-4H3,(H,22,23,24). The molecule has 2 aromatic rings. The van der Waals surface area contributed by atoms with Gasteiger partial charge in [0.25, 0.3) is 11.8 Å². The molecule has 0 aliphatic carbocycles. The number of carbonyl (C=O) groups excluding carboxylic acids is 2. The van der Waals surface area contributed by atoms with Gasteiger partial charge in [0.05, 0.1) is 11.1 Å². The van der Waals surface area contributed by atoms with Gasteiger partial charge >= 0.3 is 8.80 Å². The van der Waals surface area contributed by atoms with Crippen molar-refractivity contribution in [3.8, 4) is 0 Å². The first-order valence-electron chi connectivity index (χ1n) is 9.86. The van der Waals surface area contributed by atoms with Gasteiger partial charge in [-0.2, -0.15) is 0 Å². The van der Waals surface area contributed by atoms with Crippen LogP contribution in [-0.4, -0.2) is 40.4 Å². The summed E-state index contributed by atoms with van der Waals surface area (Å²) in [6.45, 7) is 9.17. The van der Waals surface area contributed by atoms with Gasteiger partial charge in [-0.15, -0.1) is 0 Å². The fourth-order valence-corrected chi connectivity index (χ4v) is 7.23. The molecule has 0 saturated heterocycles. The summed E-state index contributed by atoms with van der Waals surface area (Å²) in [5, 5.41) is 4.04. The fourth-order valence-electron chi connectivity index (χ4n) is 4.04. The maximum absolute atomic E-state index is 12.9. The van der Waals surface area contributed by atoms with E-state index in [9.17, 15) is 9.59 Å². The molecule has 7 heteroatoms. The average molecular weight is 402 g/mol. The van der Waals surface area contributed by atoms with Crippen molar-refractivity contribution < 1.29 is 22.9 Å². The Morgan fingerprint density at radius 3 is 2.11 bits per heavy atom. The number of benzene rings is 2. The van der Waals surface area contributed by atoms with E-state index in [0.717, 1.165) is 10.9 Å². The summed E-state index contributed by atoms with van der Waals surface area (Å²) in [5.74, 6) is -0.744. The van der Waals surface area contributed by atoms with Crippen molar-refractivity contribution in [3.05, 3.63) is 47.0 Å². The van der Waals surface area contributed by atoms with Crippen LogP contribution in [0.15, 0.2) is 30.3 Å². The summed E-state index contributed by atoms with van der Waals surface area (Å²) in [5.41, 5.74) is 1.64. The quantitative estimate of drug-likeness (QED) is 0.511. The van der Waals surface area contributed by atoms with Crippen LogP contribution in [0.4, 0.5) is 0 Å². The van der Waals surface area contributed by atoms with Gasteiger partial charge in [0, 0.05) is 30.8 Å². The second kappa shape index (κ2) is 8.53. The molecule has 1 N–H and O–H groups in total. The molecule has 1 unspecified atom stereocenters. The number of carbonyl (C=O) groups is 2. The largest absolute Gasteiger partial charge is 0.508 e. The van der Waals surface area contributed by atoms with Gasteiger partial charge in [-0.1, -0.05) is 31.2 Å². The van der Waals surface area contributed by atoms with Crippen molar-refractivity contribution in [1.82, 2.24) is 5.32 Å². The third kappa shape index (κ3) is 3.39. The Bertz CT molecular complexity index is 881. The molecule has 2 aromatic carbocycles. The van der Waals surface area contributed by atoms with Gasteiger partial charge in [0.15, 0.2) is 0 Å². The van der Waals surface area contributed by atoms with Crippen LogP contribution in [0, 0.1) is 0 Å². The summed E-state index contributed by atoms with van der Waals surface area (Å²) < 4.78 is 18.4. The SMILES string of the molecule is CCO[Si](OCC)(OCC)C(CC)c1ccc2cccc3c2c1C(=O)NC3=O. The summed E-state index contributed by atoms with van der Waals surface area (Å²) in [6.07, 6.45) is 0.689. The van der Waals surface area contributed by atoms with E-state index in [-0.39, 0.29) is 17.4 Å². The van der Waals surface area contributed by atoms with Gasteiger partial charge in [0.2, 0.25) is 0 Å². The first-order valence-corrected chi connectivity index (χ1v) is 11.7. The third-order valence-corrected chi connectivity index (χ3v) is 8.67. The number of amides is 2. The second-order valence-electron chi connectivity index (χ2n) is 6.58. The summed E-state index contributed by atoms with van der Waals surface area (Å²) >= 11 is 0. The average Bonchev–Trinajstić information content (AvgIpc) is 2.67. The van der Waals surface area contributed by atoms with E-state index in [1.165, 1.54) is 0 Å². The molecule has 0 aromatic heterocycles. The number of imide groups is 1. The lowest BCUT2D eigenvalue weighted by Crippen LogP contribution is -2.52. The smallest absolute Gasteiger partial charge is 0.373 e. The van der Waals surface area contributed by atoms with E-state index < -0.39 is 8.80 Å². The lowest BCUT2D eigenvalue weighted by molar-refractivity contribution is 0.0611. The highest BCUT2D eigenvalue weighted by molar-refractivity contribution is 6.62. The second-order valence-corrected chi connectivity index (χ2v) is 9.35. The Labute approximate surface area is 166 Å². The van der Waals surface area contributed by atoms with Crippen molar-refractivity contribution in [2.24, 2.45) is 0 Å². The Kier molecular flexibility index (Phi) is 6.29. The molecule has 0 radical (unpaired) electrons. The first kappa shape index (κ1) is 20.7. The fraction of sp³-hybridized carbons (Fsp3) is 0.429. The molecule has 0 bridgehead atoms. The lowest BCUT2D eigenvalue weighted by atomic mass is 9.90. The zero-order valence-corrected chi connectivity index (χ0v) is 17.8. The monoisotopic (exact) mass is 401 g/mol. The molecule has 1 aliphatic heterocycles. The van der Waals surface area contributed by atoms with Crippen LogP contribution in [-0.2, 0) is 13.3 Å². The van der Waals surface area contributed by atoms with E-state index >= 15 is 0 Å². The predicted octanol–water partition coefficient (Wildman–Crippen LogP) is 3.80. The molecule has 0 saturated carbocycles. The van der Waals surface area contributed by atoms with Gasteiger partial charge in [-0.05, 0) is 44.2 Å². The maximum Gasteiger partial charge on any atom is 0.508 e. The van der Waals surface area contributed by atoms with Crippen molar-refractivity contribution in [2.75, 3.05) is 19.8 Å². The van der Waals surface area contributed by atoms with Crippen molar-refractivity contribution in [3.63, 3.8) is 0 Å². The molecule has 0 fully saturated rings. The first-order chi connectivity index (χ1) is 13.5. The number of hydrogen-bond donors (Lipinski definition) is 1. The number of nitrogens with one attached hydrogen (secondary N) is 1. The maximum atomic E-state index is 12.9.